The van der Waals surface area contributed by atoms with Crippen LogP contribution in [0, 0.1) is 90.7 Å². The van der Waals surface area contributed by atoms with Crippen molar-refractivity contribution in [2.45, 2.75) is 185 Å². The summed E-state index contributed by atoms with van der Waals surface area (Å²) in [5.41, 5.74) is 4.74. The summed E-state index contributed by atoms with van der Waals surface area (Å²) in [6.07, 6.45) is 20.9. The highest BCUT2D eigenvalue weighted by Gasteiger charge is 2.56. The van der Waals surface area contributed by atoms with Crippen molar-refractivity contribution in [2.75, 3.05) is 52.6 Å². The summed E-state index contributed by atoms with van der Waals surface area (Å²) < 4.78 is 51.9. The molecular weight excluding hydrogens is 1230 g/mol. The summed E-state index contributed by atoms with van der Waals surface area (Å²) in [5.74, 6) is -6.28. The molecule has 5 aliphatic rings. The summed E-state index contributed by atoms with van der Waals surface area (Å²) in [7, 11) is -13.0. The number of hydrogen-bond donors (Lipinski definition) is 4. The summed E-state index contributed by atoms with van der Waals surface area (Å²) in [5, 5.41) is 55.0. The lowest BCUT2D eigenvalue weighted by atomic mass is 9.77. The second-order valence-corrected chi connectivity index (χ2v) is 42.6. The maximum Gasteiger partial charge on any atom is 0.327 e. The minimum Gasteiger partial charge on any atom is -0.465 e. The van der Waals surface area contributed by atoms with Gasteiger partial charge in [-0.15, -0.1) is 0 Å². The Hall–Kier alpha value is -6.33. The van der Waals surface area contributed by atoms with Crippen molar-refractivity contribution in [3.8, 4) is 24.3 Å². The largest absolute Gasteiger partial charge is 0.465 e. The number of carbonyl (C=O) groups excluding carboxylic acids is 4. The van der Waals surface area contributed by atoms with Crippen molar-refractivity contribution in [1.82, 2.24) is 21.3 Å². The molecule has 0 saturated carbocycles. The van der Waals surface area contributed by atoms with Gasteiger partial charge in [-0.1, -0.05) is 79.7 Å². The molecular formula is C68H104N8O12Si4. The topological polar surface area (TPSA) is 285 Å². The van der Waals surface area contributed by atoms with Crippen molar-refractivity contribution in [3.05, 3.63) is 93.7 Å². The maximum absolute atomic E-state index is 12.9. The molecule has 0 bridgehead atoms. The third kappa shape index (κ3) is 23.0. The molecule has 0 spiro atoms. The van der Waals surface area contributed by atoms with Gasteiger partial charge >= 0.3 is 58.1 Å². The number of rotatable bonds is 32. The monoisotopic (exact) mass is 1340 g/mol. The molecule has 0 aromatic carbocycles. The van der Waals surface area contributed by atoms with E-state index in [0.717, 1.165) is 22.8 Å². The average Bonchev–Trinajstić information content (AvgIpc) is 0.804. The van der Waals surface area contributed by atoms with Gasteiger partial charge in [-0.25, -0.2) is 0 Å². The van der Waals surface area contributed by atoms with E-state index >= 15 is 0 Å². The second kappa shape index (κ2) is 33.2. The first-order chi connectivity index (χ1) is 43.1. The normalized spacial score (nSPS) is 25.9. The Kier molecular flexibility index (Phi) is 27.5. The Bertz CT molecular complexity index is 2700. The Balaban J connectivity index is 1.49. The first-order valence-corrected chi connectivity index (χ1v) is 43.0. The van der Waals surface area contributed by atoms with E-state index < -0.39 is 81.8 Å². The standard InChI is InChI=1S/C68H104N8O12Si4/c1-17-81-61(77)57(45-69)49-33-53(41-65(5,6)37-49)73-25-21-29-89(13)85-90(14,30-22-26-74-54-34-50(38-66(7,8)42-54)58(46-70)62(78)82-18-2)87-92(16,32-24-28-76-56-36-52(40-68(11,12)44-56)60(48-72)64(80)84-20-4)88-91(15,86-89)31-23-27-75-55-35-51(39-67(9,10)43-55)59(47-71)63(79)83-19-3/h33-36,41-44,57-60,73-76H,17-32,37-40H2,1-16H3. The third-order valence-electron chi connectivity index (χ3n) is 16.6. The fourth-order valence-corrected chi connectivity index (χ4v) is 36.6. The van der Waals surface area contributed by atoms with Gasteiger partial charge in [-0.3, -0.25) is 19.2 Å². The number of carbonyl (C=O) groups is 4. The molecule has 20 nitrogen and oxygen atoms in total. The van der Waals surface area contributed by atoms with E-state index in [4.69, 9.17) is 35.4 Å². The van der Waals surface area contributed by atoms with E-state index in [0.29, 0.717) is 124 Å². The van der Waals surface area contributed by atoms with E-state index in [1.54, 1.807) is 27.7 Å². The summed E-state index contributed by atoms with van der Waals surface area (Å²) in [6, 6.07) is 11.0. The molecule has 0 aromatic heterocycles. The van der Waals surface area contributed by atoms with Crippen LogP contribution < -0.4 is 21.3 Å². The van der Waals surface area contributed by atoms with Gasteiger partial charge in [0, 0.05) is 49.0 Å². The molecule has 0 amide bonds. The van der Waals surface area contributed by atoms with Crippen molar-refractivity contribution in [1.29, 1.82) is 21.0 Å². The zero-order valence-corrected chi connectivity index (χ0v) is 61.8. The Morgan fingerprint density at radius 2 is 0.587 bits per heavy atom. The average molecular weight is 1340 g/mol. The molecule has 0 aromatic rings. The first-order valence-electron chi connectivity index (χ1n) is 32.9. The number of ether oxygens (including phenoxy) is 4. The van der Waals surface area contributed by atoms with Gasteiger partial charge in [0.05, 0.1) is 50.7 Å². The van der Waals surface area contributed by atoms with Gasteiger partial charge in [0.25, 0.3) is 0 Å². The van der Waals surface area contributed by atoms with Crippen molar-refractivity contribution >= 4 is 58.1 Å². The predicted molar refractivity (Wildman–Crippen MR) is 362 cm³/mol. The number of hydrogen-bond acceptors (Lipinski definition) is 20. The molecule has 504 valence electrons. The first kappa shape index (κ1) is 76.4. The molecule has 92 heavy (non-hydrogen) atoms. The van der Waals surface area contributed by atoms with E-state index in [1.807, 2.05) is 24.3 Å². The number of nitrogens with zero attached hydrogens (tertiary/aromatic N) is 4. The van der Waals surface area contributed by atoms with Crippen molar-refractivity contribution in [2.24, 2.45) is 45.3 Å². The highest BCUT2D eigenvalue weighted by Crippen LogP contribution is 2.43. The highest BCUT2D eigenvalue weighted by molar-refractivity contribution is 6.93. The van der Waals surface area contributed by atoms with E-state index in [1.165, 1.54) is 0 Å². The third-order valence-corrected chi connectivity index (χ3v) is 35.4. The predicted octanol–water partition coefficient (Wildman–Crippen LogP) is 12.0. The summed E-state index contributed by atoms with van der Waals surface area (Å²) >= 11 is 0. The lowest BCUT2D eigenvalue weighted by molar-refractivity contribution is -0.145. The lowest BCUT2D eigenvalue weighted by Gasteiger charge is -2.50. The van der Waals surface area contributed by atoms with E-state index in [-0.39, 0.29) is 48.1 Å². The van der Waals surface area contributed by atoms with Crippen molar-refractivity contribution < 1.29 is 54.6 Å². The lowest BCUT2D eigenvalue weighted by Crippen LogP contribution is -2.67. The molecule has 0 radical (unpaired) electrons. The molecule has 5 rings (SSSR count). The smallest absolute Gasteiger partial charge is 0.327 e. The van der Waals surface area contributed by atoms with Crippen LogP contribution in [0.5, 0.6) is 0 Å². The maximum atomic E-state index is 12.9. The van der Waals surface area contributed by atoms with E-state index in [2.05, 4.69) is 151 Å². The SMILES string of the molecule is CCOC(=O)C(C#N)C1=CC(NCCC[Si]2(C)O[Si](C)(CCCNC3=CC(C)(C)CC(C(C#N)C(=O)OCC)=C3)O[Si](C)(CCCNC3=CC(C)(C)CC(C(C#N)C(=O)OCC)=C3)O[Si](C)(CCCNC3=CC(C)(C)CC(C(C#N)C(=O)OCC)=C3)O2)=CC(C)(C)C1. The van der Waals surface area contributed by atoms with Crippen LogP contribution in [0.3, 0.4) is 0 Å². The van der Waals surface area contributed by atoms with Crippen molar-refractivity contribution in [3.63, 3.8) is 0 Å². The molecule has 1 heterocycles. The zero-order chi connectivity index (χ0) is 68.4. The number of allylic oxidation sites excluding steroid dienone is 8. The molecule has 1 aliphatic heterocycles. The number of esters is 4. The Morgan fingerprint density at radius 1 is 0.402 bits per heavy atom. The number of nitrogens with one attached hydrogen (secondary N) is 4. The quantitative estimate of drug-likeness (QED) is 0.0211. The highest BCUT2D eigenvalue weighted by atomic mass is 28.5. The fraction of sp³-hybridized carbons (Fsp3) is 0.647. The van der Waals surface area contributed by atoms with Gasteiger partial charge in [0.15, 0.2) is 23.7 Å². The van der Waals surface area contributed by atoms with Gasteiger partial charge in [0.2, 0.25) is 0 Å². The summed E-state index contributed by atoms with van der Waals surface area (Å²) in [6.45, 7) is 35.0. The van der Waals surface area contributed by atoms with Crippen LogP contribution in [-0.4, -0.2) is 111 Å². The van der Waals surface area contributed by atoms with Crippen LogP contribution in [0.4, 0.5) is 0 Å². The van der Waals surface area contributed by atoms with Gasteiger partial charge in [0.1, 0.15) is 0 Å². The van der Waals surface area contributed by atoms with Crippen LogP contribution in [0.1, 0.15) is 134 Å². The van der Waals surface area contributed by atoms with Crippen LogP contribution in [0.25, 0.3) is 0 Å². The summed E-state index contributed by atoms with van der Waals surface area (Å²) in [4.78, 5) is 51.8. The zero-order valence-electron chi connectivity index (χ0n) is 57.8. The van der Waals surface area contributed by atoms with Crippen LogP contribution in [0.2, 0.25) is 50.4 Å². The fourth-order valence-electron chi connectivity index (χ4n) is 13.2. The molecule has 4 unspecified atom stereocenters. The Labute approximate surface area is 552 Å². The van der Waals surface area contributed by atoms with Gasteiger partial charge in [-0.05, 0) is 198 Å². The molecule has 4 N–H and O–H groups in total. The molecule has 24 heteroatoms. The minimum atomic E-state index is -3.24. The minimum absolute atomic E-state index is 0.177. The van der Waals surface area contributed by atoms with Crippen LogP contribution in [-0.2, 0) is 54.6 Å². The van der Waals surface area contributed by atoms with Gasteiger partial charge < -0.3 is 56.7 Å². The molecule has 4 atom stereocenters. The Morgan fingerprint density at radius 3 is 0.750 bits per heavy atom. The van der Waals surface area contributed by atoms with Crippen LogP contribution in [0.15, 0.2) is 93.7 Å². The van der Waals surface area contributed by atoms with E-state index in [9.17, 15) is 40.2 Å². The molecule has 4 aliphatic carbocycles. The number of nitriles is 4. The second-order valence-electron chi connectivity index (χ2n) is 28.3. The van der Waals surface area contributed by atoms with Crippen LogP contribution >= 0.6 is 0 Å². The van der Waals surface area contributed by atoms with Gasteiger partial charge in [-0.2, -0.15) is 21.0 Å². The molecule has 1 saturated heterocycles. The molecule has 1 fully saturated rings.